The van der Waals surface area contributed by atoms with Gasteiger partial charge in [0.25, 0.3) is 0 Å². The van der Waals surface area contributed by atoms with Gasteiger partial charge in [-0.05, 0) is 41.5 Å². The molecule has 1 aromatic carbocycles. The van der Waals surface area contributed by atoms with Gasteiger partial charge in [0.1, 0.15) is 0 Å². The van der Waals surface area contributed by atoms with Gasteiger partial charge in [0.15, 0.2) is 5.78 Å². The van der Waals surface area contributed by atoms with Crippen molar-refractivity contribution in [2.24, 2.45) is 5.41 Å². The lowest BCUT2D eigenvalue weighted by atomic mass is 9.75. The molecule has 1 aliphatic rings. The number of Topliss-reactive ketones (excluding diaryl/α,β-unsaturated/α-hetero) is 1. The summed E-state index contributed by atoms with van der Waals surface area (Å²) in [5.41, 5.74) is 5.38. The fourth-order valence-electron chi connectivity index (χ4n) is 3.35. The van der Waals surface area contributed by atoms with E-state index in [2.05, 4.69) is 25.8 Å². The second-order valence-corrected chi connectivity index (χ2v) is 7.07. The molecule has 0 saturated heterocycles. The molecule has 0 radical (unpaired) electrons. The van der Waals surface area contributed by atoms with Crippen LogP contribution in [0.25, 0.3) is 11.3 Å². The zero-order chi connectivity index (χ0) is 15.2. The molecule has 3 heteroatoms. The summed E-state index contributed by atoms with van der Waals surface area (Å²) < 4.78 is 0. The molecule has 2 nitrogen and oxygen atoms in total. The van der Waals surface area contributed by atoms with Gasteiger partial charge in [-0.2, -0.15) is 0 Å². The Hall–Kier alpha value is -1.54. The first kappa shape index (κ1) is 14.4. The van der Waals surface area contributed by atoms with Crippen molar-refractivity contribution in [3.05, 3.63) is 46.1 Å². The van der Waals surface area contributed by atoms with Crippen molar-refractivity contribution in [3.63, 3.8) is 0 Å². The molecule has 3 rings (SSSR count). The standard InChI is InChI=1S/C18H20ClNO/c1-4-13-16-14(9-18(2,3)10-15(16)21)20-17(13)11-5-7-12(19)8-6-11/h5-8,20H,4,9-10H2,1-3H3. The predicted octanol–water partition coefficient (Wildman–Crippen LogP) is 5.05. The predicted molar refractivity (Wildman–Crippen MR) is 87.0 cm³/mol. The maximum Gasteiger partial charge on any atom is 0.165 e. The van der Waals surface area contributed by atoms with Crippen LogP contribution < -0.4 is 0 Å². The second-order valence-electron chi connectivity index (χ2n) is 6.63. The highest BCUT2D eigenvalue weighted by molar-refractivity contribution is 6.30. The molecule has 1 aromatic heterocycles. The van der Waals surface area contributed by atoms with Crippen LogP contribution in [0.15, 0.2) is 24.3 Å². The van der Waals surface area contributed by atoms with E-state index in [1.807, 2.05) is 24.3 Å². The lowest BCUT2D eigenvalue weighted by Crippen LogP contribution is -2.27. The molecule has 0 aliphatic heterocycles. The smallest absolute Gasteiger partial charge is 0.165 e. The third-order valence-corrected chi connectivity index (χ3v) is 4.49. The first-order chi connectivity index (χ1) is 9.91. The number of carbonyl (C=O) groups excluding carboxylic acids is 1. The van der Waals surface area contributed by atoms with Gasteiger partial charge in [-0.1, -0.05) is 44.5 Å². The van der Waals surface area contributed by atoms with E-state index >= 15 is 0 Å². The summed E-state index contributed by atoms with van der Waals surface area (Å²) in [6.07, 6.45) is 2.41. The topological polar surface area (TPSA) is 32.9 Å². The minimum Gasteiger partial charge on any atom is -0.358 e. The Bertz CT molecular complexity index is 695. The zero-order valence-corrected chi connectivity index (χ0v) is 13.5. The summed E-state index contributed by atoms with van der Waals surface area (Å²) in [5.74, 6) is 0.273. The summed E-state index contributed by atoms with van der Waals surface area (Å²) in [7, 11) is 0. The molecule has 1 N–H and O–H groups in total. The van der Waals surface area contributed by atoms with Crippen LogP contribution in [0.2, 0.25) is 5.02 Å². The van der Waals surface area contributed by atoms with E-state index in [9.17, 15) is 4.79 Å². The largest absolute Gasteiger partial charge is 0.358 e. The highest BCUT2D eigenvalue weighted by atomic mass is 35.5. The number of ketones is 1. The highest BCUT2D eigenvalue weighted by Crippen LogP contribution is 2.39. The molecular formula is C18H20ClNO. The SMILES string of the molecule is CCc1c(-c2ccc(Cl)cc2)[nH]c2c1C(=O)CC(C)(C)C2. The molecule has 0 bridgehead atoms. The number of halogens is 1. The first-order valence-corrected chi connectivity index (χ1v) is 7.82. The van der Waals surface area contributed by atoms with Gasteiger partial charge in [-0.15, -0.1) is 0 Å². The zero-order valence-electron chi connectivity index (χ0n) is 12.7. The van der Waals surface area contributed by atoms with Gasteiger partial charge in [0.05, 0.1) is 0 Å². The quantitative estimate of drug-likeness (QED) is 0.827. The number of aromatic nitrogens is 1. The van der Waals surface area contributed by atoms with Gasteiger partial charge in [0, 0.05) is 28.4 Å². The van der Waals surface area contributed by atoms with Crippen LogP contribution in [0.5, 0.6) is 0 Å². The van der Waals surface area contributed by atoms with Crippen LogP contribution in [-0.4, -0.2) is 10.8 Å². The summed E-state index contributed by atoms with van der Waals surface area (Å²) in [6.45, 7) is 6.42. The van der Waals surface area contributed by atoms with Crippen molar-refractivity contribution in [2.75, 3.05) is 0 Å². The molecule has 2 aromatic rings. The monoisotopic (exact) mass is 301 g/mol. The van der Waals surface area contributed by atoms with Crippen LogP contribution in [0.1, 0.15) is 48.8 Å². The minimum atomic E-state index is 0.0389. The lowest BCUT2D eigenvalue weighted by Gasteiger charge is -2.28. The fourth-order valence-corrected chi connectivity index (χ4v) is 3.47. The summed E-state index contributed by atoms with van der Waals surface area (Å²) in [4.78, 5) is 16.0. The van der Waals surface area contributed by atoms with Crippen molar-refractivity contribution in [1.82, 2.24) is 4.98 Å². The Balaban J connectivity index is 2.16. The molecule has 1 aliphatic carbocycles. The Labute approximate surface area is 130 Å². The van der Waals surface area contributed by atoms with Crippen molar-refractivity contribution in [1.29, 1.82) is 0 Å². The molecule has 1 heterocycles. The molecule has 0 unspecified atom stereocenters. The average molecular weight is 302 g/mol. The average Bonchev–Trinajstić information content (AvgIpc) is 2.76. The molecule has 0 saturated carbocycles. The first-order valence-electron chi connectivity index (χ1n) is 7.44. The number of carbonyl (C=O) groups is 1. The normalized spacial score (nSPS) is 16.9. The Morgan fingerprint density at radius 1 is 1.19 bits per heavy atom. The van der Waals surface area contributed by atoms with Gasteiger partial charge < -0.3 is 4.98 Å². The molecule has 21 heavy (non-hydrogen) atoms. The van der Waals surface area contributed by atoms with E-state index in [-0.39, 0.29) is 11.2 Å². The van der Waals surface area contributed by atoms with Crippen molar-refractivity contribution >= 4 is 17.4 Å². The van der Waals surface area contributed by atoms with Crippen LogP contribution in [0.4, 0.5) is 0 Å². The molecule has 0 amide bonds. The highest BCUT2D eigenvalue weighted by Gasteiger charge is 2.34. The molecular weight excluding hydrogens is 282 g/mol. The van der Waals surface area contributed by atoms with Crippen molar-refractivity contribution < 1.29 is 4.79 Å². The number of aromatic amines is 1. The molecule has 110 valence electrons. The Morgan fingerprint density at radius 3 is 2.48 bits per heavy atom. The van der Waals surface area contributed by atoms with Gasteiger partial charge in [-0.3, -0.25) is 4.79 Å². The maximum atomic E-state index is 12.5. The minimum absolute atomic E-state index is 0.0389. The van der Waals surface area contributed by atoms with Crippen LogP contribution in [-0.2, 0) is 12.8 Å². The van der Waals surface area contributed by atoms with Crippen LogP contribution in [0.3, 0.4) is 0 Å². The second kappa shape index (κ2) is 5.03. The number of H-pyrrole nitrogens is 1. The molecule has 0 spiro atoms. The van der Waals surface area contributed by atoms with Crippen LogP contribution >= 0.6 is 11.6 Å². The van der Waals surface area contributed by atoms with E-state index in [4.69, 9.17) is 11.6 Å². The van der Waals surface area contributed by atoms with Gasteiger partial charge in [0.2, 0.25) is 0 Å². The number of hydrogen-bond acceptors (Lipinski definition) is 1. The van der Waals surface area contributed by atoms with Gasteiger partial charge in [-0.25, -0.2) is 0 Å². The molecule has 0 atom stereocenters. The molecule has 0 fully saturated rings. The number of benzene rings is 1. The maximum absolute atomic E-state index is 12.5. The van der Waals surface area contributed by atoms with E-state index in [0.29, 0.717) is 6.42 Å². The summed E-state index contributed by atoms with van der Waals surface area (Å²) in [5, 5.41) is 0.727. The number of fused-ring (bicyclic) bond motifs is 1. The Kier molecular flexibility index (Phi) is 3.45. The van der Waals surface area contributed by atoms with Crippen molar-refractivity contribution in [2.45, 2.75) is 40.0 Å². The van der Waals surface area contributed by atoms with E-state index in [1.54, 1.807) is 0 Å². The van der Waals surface area contributed by atoms with Crippen molar-refractivity contribution in [3.8, 4) is 11.3 Å². The third-order valence-electron chi connectivity index (χ3n) is 4.24. The number of hydrogen-bond donors (Lipinski definition) is 1. The number of rotatable bonds is 2. The van der Waals surface area contributed by atoms with Gasteiger partial charge >= 0.3 is 0 Å². The Morgan fingerprint density at radius 2 is 1.86 bits per heavy atom. The third kappa shape index (κ3) is 2.53. The van der Waals surface area contributed by atoms with E-state index in [0.717, 1.165) is 45.9 Å². The fraction of sp³-hybridized carbons (Fsp3) is 0.389. The summed E-state index contributed by atoms with van der Waals surface area (Å²) >= 11 is 5.97. The van der Waals surface area contributed by atoms with E-state index in [1.165, 1.54) is 0 Å². The number of nitrogens with one attached hydrogen (secondary N) is 1. The van der Waals surface area contributed by atoms with E-state index < -0.39 is 0 Å². The lowest BCUT2D eigenvalue weighted by molar-refractivity contribution is 0.0911. The summed E-state index contributed by atoms with van der Waals surface area (Å²) in [6, 6.07) is 7.80. The van der Waals surface area contributed by atoms with Crippen LogP contribution in [0, 0.1) is 5.41 Å².